The second-order valence-corrected chi connectivity index (χ2v) is 6.96. The fourth-order valence-corrected chi connectivity index (χ4v) is 3.14. The van der Waals surface area contributed by atoms with Gasteiger partial charge in [0.15, 0.2) is 11.3 Å². The largest absolute Gasteiger partial charge is 0.432 e. The Bertz CT molecular complexity index is 672. The smallest absolute Gasteiger partial charge is 0.325 e. The van der Waals surface area contributed by atoms with E-state index in [1.165, 1.54) is 0 Å². The highest BCUT2D eigenvalue weighted by Gasteiger charge is 2.59. The van der Waals surface area contributed by atoms with Gasteiger partial charge in [0.2, 0.25) is 6.29 Å². The summed E-state index contributed by atoms with van der Waals surface area (Å²) in [7, 11) is 0. The van der Waals surface area contributed by atoms with Crippen molar-refractivity contribution in [1.82, 2.24) is 0 Å². The number of carbonyl (C=O) groups is 2. The lowest BCUT2D eigenvalue weighted by Gasteiger charge is -2.47. The number of aliphatic hydroxyl groups excluding tert-OH is 3. The van der Waals surface area contributed by atoms with Crippen molar-refractivity contribution < 1.29 is 34.4 Å². The Morgan fingerprint density at radius 1 is 1.29 bits per heavy atom. The van der Waals surface area contributed by atoms with Crippen LogP contribution in [0.3, 0.4) is 0 Å². The molecule has 2 unspecified atom stereocenters. The molecule has 0 bridgehead atoms. The molecule has 0 amide bonds. The van der Waals surface area contributed by atoms with Gasteiger partial charge < -0.3 is 36.3 Å². The first-order valence-corrected chi connectivity index (χ1v) is 9.20. The summed E-state index contributed by atoms with van der Waals surface area (Å²) in [5, 5.41) is 29.9. The molecule has 28 heavy (non-hydrogen) atoms. The van der Waals surface area contributed by atoms with Gasteiger partial charge in [-0.15, -0.1) is 0 Å². The van der Waals surface area contributed by atoms with Crippen LogP contribution in [-0.4, -0.2) is 69.9 Å². The third-order valence-electron chi connectivity index (χ3n) is 4.85. The molecule has 9 nitrogen and oxygen atoms in total. The number of esters is 1. The number of ether oxygens (including phenoxy) is 2. The van der Waals surface area contributed by atoms with E-state index in [4.69, 9.17) is 20.9 Å². The van der Waals surface area contributed by atoms with Crippen LogP contribution in [0.5, 0.6) is 0 Å². The molecule has 0 aromatic heterocycles. The summed E-state index contributed by atoms with van der Waals surface area (Å²) in [5.74, 6) is -1.51. The molecule has 1 aromatic rings. The molecule has 6 atom stereocenters. The Morgan fingerprint density at radius 3 is 2.50 bits per heavy atom. The van der Waals surface area contributed by atoms with E-state index < -0.39 is 54.5 Å². The lowest BCUT2D eigenvalue weighted by Crippen LogP contribution is -2.75. The standard InChI is InChI=1S/C19H28N2O7/c1-2-6-14(23)19(21)16(25)15(24)13(10-22)27-18(19)28-17(26)12(20)9-11-7-4-3-5-8-11/h3-5,7-8,12-13,15-16,18,22,24-25H,2,6,9-10,20-21H2,1H3/t12?,13-,15-,16+,18?,19-/m1/s1. The van der Waals surface area contributed by atoms with Crippen LogP contribution in [0.15, 0.2) is 30.3 Å². The van der Waals surface area contributed by atoms with Crippen molar-refractivity contribution in [3.63, 3.8) is 0 Å². The normalized spacial score (nSPS) is 31.2. The number of hydrogen-bond donors (Lipinski definition) is 5. The number of Topliss-reactive ketones (excluding diaryl/α,β-unsaturated/α-hetero) is 1. The molecule has 156 valence electrons. The molecule has 7 N–H and O–H groups in total. The van der Waals surface area contributed by atoms with Crippen LogP contribution in [-0.2, 0) is 25.5 Å². The van der Waals surface area contributed by atoms with Gasteiger partial charge in [-0.3, -0.25) is 9.59 Å². The third-order valence-corrected chi connectivity index (χ3v) is 4.85. The van der Waals surface area contributed by atoms with Gasteiger partial charge in [0.25, 0.3) is 0 Å². The first-order chi connectivity index (χ1) is 13.2. The van der Waals surface area contributed by atoms with Crippen molar-refractivity contribution in [3.8, 4) is 0 Å². The number of nitrogens with two attached hydrogens (primary N) is 2. The summed E-state index contributed by atoms with van der Waals surface area (Å²) >= 11 is 0. The highest BCUT2D eigenvalue weighted by molar-refractivity contribution is 5.90. The molecule has 1 aliphatic heterocycles. The van der Waals surface area contributed by atoms with Crippen molar-refractivity contribution in [2.24, 2.45) is 11.5 Å². The number of rotatable bonds is 8. The number of benzene rings is 1. The summed E-state index contributed by atoms with van der Waals surface area (Å²) in [6, 6.07) is 7.96. The fourth-order valence-electron chi connectivity index (χ4n) is 3.14. The summed E-state index contributed by atoms with van der Waals surface area (Å²) in [5.41, 5.74) is 10.6. The number of hydrogen-bond acceptors (Lipinski definition) is 9. The van der Waals surface area contributed by atoms with Crippen LogP contribution < -0.4 is 11.5 Å². The minimum Gasteiger partial charge on any atom is -0.432 e. The van der Waals surface area contributed by atoms with Gasteiger partial charge in [-0.2, -0.15) is 0 Å². The highest BCUT2D eigenvalue weighted by Crippen LogP contribution is 2.31. The summed E-state index contributed by atoms with van der Waals surface area (Å²) in [6.07, 6.45) is -5.79. The second kappa shape index (κ2) is 9.55. The maximum Gasteiger partial charge on any atom is 0.325 e. The van der Waals surface area contributed by atoms with Crippen molar-refractivity contribution in [1.29, 1.82) is 0 Å². The first kappa shape index (κ1) is 22.4. The van der Waals surface area contributed by atoms with Crippen LogP contribution >= 0.6 is 0 Å². The van der Waals surface area contributed by atoms with E-state index in [1.54, 1.807) is 31.2 Å². The van der Waals surface area contributed by atoms with Crippen LogP contribution in [0.1, 0.15) is 25.3 Å². The van der Waals surface area contributed by atoms with E-state index in [9.17, 15) is 24.9 Å². The molecular formula is C19H28N2O7. The average molecular weight is 396 g/mol. The molecular weight excluding hydrogens is 368 g/mol. The fraction of sp³-hybridized carbons (Fsp3) is 0.579. The zero-order chi connectivity index (χ0) is 20.9. The highest BCUT2D eigenvalue weighted by atomic mass is 16.7. The monoisotopic (exact) mass is 396 g/mol. The maximum absolute atomic E-state index is 12.6. The number of aliphatic hydroxyl groups is 3. The van der Waals surface area contributed by atoms with Crippen molar-refractivity contribution in [2.45, 2.75) is 62.4 Å². The van der Waals surface area contributed by atoms with Gasteiger partial charge in [0.1, 0.15) is 24.4 Å². The van der Waals surface area contributed by atoms with Crippen molar-refractivity contribution in [2.75, 3.05) is 6.61 Å². The van der Waals surface area contributed by atoms with Gasteiger partial charge in [-0.1, -0.05) is 37.3 Å². The van der Waals surface area contributed by atoms with Crippen LogP contribution in [0.4, 0.5) is 0 Å². The predicted molar refractivity (Wildman–Crippen MR) is 98.8 cm³/mol. The SMILES string of the molecule is CCCC(=O)[C@]1(N)C(OC(=O)C(N)Cc2ccccc2)O[C@H](CO)[C@@H](O)[C@@H]1O. The lowest BCUT2D eigenvalue weighted by molar-refractivity contribution is -0.278. The molecule has 1 aliphatic rings. The van der Waals surface area contributed by atoms with Crippen molar-refractivity contribution >= 4 is 11.8 Å². The summed E-state index contributed by atoms with van der Waals surface area (Å²) < 4.78 is 10.6. The van der Waals surface area contributed by atoms with E-state index in [2.05, 4.69) is 0 Å². The summed E-state index contributed by atoms with van der Waals surface area (Å²) in [4.78, 5) is 25.0. The van der Waals surface area contributed by atoms with E-state index in [0.717, 1.165) is 5.56 Å². The van der Waals surface area contributed by atoms with Gasteiger partial charge >= 0.3 is 5.97 Å². The average Bonchev–Trinajstić information content (AvgIpc) is 2.69. The Kier molecular flexibility index (Phi) is 7.64. The van der Waals surface area contributed by atoms with Crippen molar-refractivity contribution in [3.05, 3.63) is 35.9 Å². The molecule has 1 heterocycles. The van der Waals surface area contributed by atoms with E-state index >= 15 is 0 Å². The molecule has 1 saturated heterocycles. The number of carbonyl (C=O) groups excluding carboxylic acids is 2. The summed E-state index contributed by atoms with van der Waals surface area (Å²) in [6.45, 7) is 1.07. The zero-order valence-corrected chi connectivity index (χ0v) is 15.7. The van der Waals surface area contributed by atoms with Gasteiger partial charge in [0.05, 0.1) is 6.61 Å². The Morgan fingerprint density at radius 2 is 1.93 bits per heavy atom. The predicted octanol–water partition coefficient (Wildman–Crippen LogP) is -1.39. The van der Waals surface area contributed by atoms with Gasteiger partial charge in [-0.25, -0.2) is 0 Å². The van der Waals surface area contributed by atoms with E-state index in [-0.39, 0.29) is 12.8 Å². The molecule has 2 rings (SSSR count). The van der Waals surface area contributed by atoms with Crippen LogP contribution in [0, 0.1) is 0 Å². The molecule has 0 spiro atoms. The van der Waals surface area contributed by atoms with E-state index in [1.807, 2.05) is 6.07 Å². The molecule has 9 heteroatoms. The van der Waals surface area contributed by atoms with Gasteiger partial charge in [0, 0.05) is 6.42 Å². The van der Waals surface area contributed by atoms with E-state index in [0.29, 0.717) is 6.42 Å². The minimum atomic E-state index is -2.18. The molecule has 1 aromatic carbocycles. The first-order valence-electron chi connectivity index (χ1n) is 9.20. The molecule has 0 aliphatic carbocycles. The lowest BCUT2D eigenvalue weighted by atomic mass is 9.79. The Balaban J connectivity index is 2.20. The Hall–Kier alpha value is -1.88. The van der Waals surface area contributed by atoms with Crippen LogP contribution in [0.2, 0.25) is 0 Å². The quantitative estimate of drug-likeness (QED) is 0.332. The zero-order valence-electron chi connectivity index (χ0n) is 15.7. The minimum absolute atomic E-state index is 0.0163. The molecule has 0 radical (unpaired) electrons. The number of ketones is 1. The third kappa shape index (κ3) is 4.57. The second-order valence-electron chi connectivity index (χ2n) is 6.96. The van der Waals surface area contributed by atoms with Crippen LogP contribution in [0.25, 0.3) is 0 Å². The Labute approximate surface area is 163 Å². The molecule has 1 fully saturated rings. The molecule has 0 saturated carbocycles. The maximum atomic E-state index is 12.6. The van der Waals surface area contributed by atoms with Gasteiger partial charge in [-0.05, 0) is 18.4 Å². The topological polar surface area (TPSA) is 165 Å².